The summed E-state index contributed by atoms with van der Waals surface area (Å²) in [7, 11) is 2.59. The molecule has 0 bridgehead atoms. The van der Waals surface area contributed by atoms with Gasteiger partial charge in [-0.25, -0.2) is 0 Å². The minimum Gasteiger partial charge on any atom is -0.507 e. The molecule has 0 atom stereocenters. The van der Waals surface area contributed by atoms with Gasteiger partial charge in [0.05, 0.1) is 25.3 Å². The zero-order valence-electron chi connectivity index (χ0n) is 11.8. The van der Waals surface area contributed by atoms with Gasteiger partial charge in [0, 0.05) is 6.07 Å². The molecule has 0 aliphatic carbocycles. The van der Waals surface area contributed by atoms with Gasteiger partial charge >= 0.3 is 0 Å². The normalized spacial score (nSPS) is 10.3. The van der Waals surface area contributed by atoms with E-state index in [9.17, 15) is 25.2 Å². The Morgan fingerprint density at radius 2 is 1.55 bits per heavy atom. The van der Waals surface area contributed by atoms with Crippen LogP contribution in [0.2, 0.25) is 0 Å². The highest BCUT2D eigenvalue weighted by Crippen LogP contribution is 2.45. The van der Waals surface area contributed by atoms with Gasteiger partial charge in [0.25, 0.3) is 0 Å². The zero-order chi connectivity index (χ0) is 16.4. The second-order valence-electron chi connectivity index (χ2n) is 4.39. The van der Waals surface area contributed by atoms with Crippen molar-refractivity contribution < 1.29 is 34.7 Å². The summed E-state index contributed by atoms with van der Waals surface area (Å²) in [5.74, 6) is -3.20. The molecule has 7 nitrogen and oxygen atoms in total. The highest BCUT2D eigenvalue weighted by molar-refractivity contribution is 6.13. The van der Waals surface area contributed by atoms with E-state index in [4.69, 9.17) is 9.47 Å². The highest BCUT2D eigenvalue weighted by Gasteiger charge is 2.24. The molecule has 2 aromatic carbocycles. The van der Waals surface area contributed by atoms with Crippen molar-refractivity contribution in [3.05, 3.63) is 35.4 Å². The van der Waals surface area contributed by atoms with Crippen LogP contribution in [-0.2, 0) is 0 Å². The highest BCUT2D eigenvalue weighted by atomic mass is 16.5. The summed E-state index contributed by atoms with van der Waals surface area (Å²) in [5, 5.41) is 39.2. The first-order chi connectivity index (χ1) is 10.4. The largest absolute Gasteiger partial charge is 0.507 e. The van der Waals surface area contributed by atoms with E-state index in [0.29, 0.717) is 5.75 Å². The Hall–Kier alpha value is -3.09. The molecule has 2 rings (SSSR count). The number of ketones is 1. The maximum Gasteiger partial charge on any atom is 0.206 e. The molecule has 0 saturated carbocycles. The van der Waals surface area contributed by atoms with E-state index in [1.54, 1.807) is 0 Å². The van der Waals surface area contributed by atoms with Crippen LogP contribution in [0.3, 0.4) is 0 Å². The third-order valence-electron chi connectivity index (χ3n) is 3.11. The minimum absolute atomic E-state index is 0.125. The van der Waals surface area contributed by atoms with Crippen molar-refractivity contribution in [3.63, 3.8) is 0 Å². The van der Waals surface area contributed by atoms with Crippen molar-refractivity contribution in [3.8, 4) is 34.5 Å². The first-order valence-electron chi connectivity index (χ1n) is 6.14. The lowest BCUT2D eigenvalue weighted by atomic mass is 10.00. The molecule has 4 N–H and O–H groups in total. The van der Waals surface area contributed by atoms with E-state index in [0.717, 1.165) is 6.07 Å². The fourth-order valence-electron chi connectivity index (χ4n) is 1.98. The lowest BCUT2D eigenvalue weighted by molar-refractivity contribution is 0.103. The maximum atomic E-state index is 12.4. The molecular formula is C15H14O7. The number of hydrogen-bond donors (Lipinski definition) is 4. The SMILES string of the molecule is COc1ccc(C(=O)c2cc(O)c(OC)c(O)c2O)c(O)c1. The molecule has 7 heteroatoms. The number of methoxy groups -OCH3 is 2. The fraction of sp³-hybridized carbons (Fsp3) is 0.133. The molecule has 0 heterocycles. The molecule has 0 spiro atoms. The number of aromatic hydroxyl groups is 4. The number of rotatable bonds is 4. The molecule has 0 aliphatic heterocycles. The Morgan fingerprint density at radius 3 is 2.09 bits per heavy atom. The number of phenols is 4. The van der Waals surface area contributed by atoms with Gasteiger partial charge in [-0.3, -0.25) is 4.79 Å². The summed E-state index contributed by atoms with van der Waals surface area (Å²) in [6.45, 7) is 0. The molecule has 22 heavy (non-hydrogen) atoms. The summed E-state index contributed by atoms with van der Waals surface area (Å²) in [6, 6.07) is 4.93. The fourth-order valence-corrected chi connectivity index (χ4v) is 1.98. The predicted octanol–water partition coefficient (Wildman–Crippen LogP) is 1.76. The van der Waals surface area contributed by atoms with Crippen molar-refractivity contribution in [2.75, 3.05) is 14.2 Å². The van der Waals surface area contributed by atoms with Gasteiger partial charge in [-0.15, -0.1) is 0 Å². The van der Waals surface area contributed by atoms with Crippen molar-refractivity contribution in [2.24, 2.45) is 0 Å². The van der Waals surface area contributed by atoms with Gasteiger partial charge in [0.2, 0.25) is 17.3 Å². The maximum absolute atomic E-state index is 12.4. The molecule has 0 aliphatic rings. The number of benzene rings is 2. The number of hydrogen-bond acceptors (Lipinski definition) is 7. The van der Waals surface area contributed by atoms with Gasteiger partial charge in [0.1, 0.15) is 11.5 Å². The summed E-state index contributed by atoms with van der Waals surface area (Å²) in [4.78, 5) is 12.4. The van der Waals surface area contributed by atoms with Gasteiger partial charge in [-0.1, -0.05) is 0 Å². The lowest BCUT2D eigenvalue weighted by Gasteiger charge is -2.12. The quantitative estimate of drug-likeness (QED) is 0.386. The van der Waals surface area contributed by atoms with Crippen LogP contribution in [-0.4, -0.2) is 40.4 Å². The Balaban J connectivity index is 2.55. The lowest BCUT2D eigenvalue weighted by Crippen LogP contribution is -2.03. The zero-order valence-corrected chi connectivity index (χ0v) is 11.8. The van der Waals surface area contributed by atoms with Gasteiger partial charge in [-0.05, 0) is 18.2 Å². The first-order valence-corrected chi connectivity index (χ1v) is 6.14. The van der Waals surface area contributed by atoms with Crippen molar-refractivity contribution in [2.45, 2.75) is 0 Å². The average molecular weight is 306 g/mol. The van der Waals surface area contributed by atoms with Crippen LogP contribution < -0.4 is 9.47 Å². The van der Waals surface area contributed by atoms with Crippen LogP contribution in [0.4, 0.5) is 0 Å². The van der Waals surface area contributed by atoms with Gasteiger partial charge in [0.15, 0.2) is 11.5 Å². The second kappa shape index (κ2) is 5.72. The van der Waals surface area contributed by atoms with Crippen LogP contribution in [0.1, 0.15) is 15.9 Å². The Labute approximate surface area is 125 Å². The number of ether oxygens (including phenoxy) is 2. The minimum atomic E-state index is -0.786. The van der Waals surface area contributed by atoms with Crippen LogP contribution in [0.5, 0.6) is 34.5 Å². The van der Waals surface area contributed by atoms with Crippen molar-refractivity contribution >= 4 is 5.78 Å². The summed E-state index contributed by atoms with van der Waals surface area (Å²) in [6.07, 6.45) is 0. The van der Waals surface area contributed by atoms with E-state index in [2.05, 4.69) is 0 Å². The molecule has 0 aromatic heterocycles. The van der Waals surface area contributed by atoms with Gasteiger partial charge in [-0.2, -0.15) is 0 Å². The molecule has 116 valence electrons. The van der Waals surface area contributed by atoms with Crippen LogP contribution in [0.25, 0.3) is 0 Å². The summed E-state index contributed by atoms with van der Waals surface area (Å²) in [5.41, 5.74) is -0.503. The molecule has 0 radical (unpaired) electrons. The standard InChI is InChI=1S/C15H14O7/c1-21-7-3-4-8(10(16)5-7)12(18)9-6-11(17)15(22-2)14(20)13(9)19/h3-6,16-17,19-20H,1-2H3. The average Bonchev–Trinajstić information content (AvgIpc) is 2.50. The molecule has 0 saturated heterocycles. The summed E-state index contributed by atoms with van der Waals surface area (Å²) < 4.78 is 9.62. The summed E-state index contributed by atoms with van der Waals surface area (Å²) >= 11 is 0. The van der Waals surface area contributed by atoms with Crippen LogP contribution in [0, 0.1) is 0 Å². The van der Waals surface area contributed by atoms with E-state index in [-0.39, 0.29) is 22.6 Å². The van der Waals surface area contributed by atoms with E-state index in [1.807, 2.05) is 0 Å². The van der Waals surface area contributed by atoms with Gasteiger partial charge < -0.3 is 29.9 Å². The Bertz CT molecular complexity index is 737. The molecule has 0 unspecified atom stereocenters. The number of phenolic OH excluding ortho intramolecular Hbond substituents is 4. The Morgan fingerprint density at radius 1 is 0.864 bits per heavy atom. The number of carbonyl (C=O) groups is 1. The molecule has 2 aromatic rings. The monoisotopic (exact) mass is 306 g/mol. The third kappa shape index (κ3) is 2.44. The van der Waals surface area contributed by atoms with E-state index in [1.165, 1.54) is 32.4 Å². The first kappa shape index (κ1) is 15.3. The Kier molecular flexibility index (Phi) is 3.98. The van der Waals surface area contributed by atoms with Crippen molar-refractivity contribution in [1.82, 2.24) is 0 Å². The third-order valence-corrected chi connectivity index (χ3v) is 3.11. The molecule has 0 fully saturated rings. The second-order valence-corrected chi connectivity index (χ2v) is 4.39. The predicted molar refractivity (Wildman–Crippen MR) is 76.1 cm³/mol. The van der Waals surface area contributed by atoms with E-state index < -0.39 is 23.0 Å². The van der Waals surface area contributed by atoms with Crippen LogP contribution >= 0.6 is 0 Å². The van der Waals surface area contributed by atoms with Crippen LogP contribution in [0.15, 0.2) is 24.3 Å². The van der Waals surface area contributed by atoms with E-state index >= 15 is 0 Å². The molecular weight excluding hydrogens is 292 g/mol. The van der Waals surface area contributed by atoms with Crippen molar-refractivity contribution in [1.29, 1.82) is 0 Å². The molecule has 0 amide bonds. The smallest absolute Gasteiger partial charge is 0.206 e. The number of carbonyl (C=O) groups excluding carboxylic acids is 1. The topological polar surface area (TPSA) is 116 Å².